The predicted molar refractivity (Wildman–Crippen MR) is 76.3 cm³/mol. The summed E-state index contributed by atoms with van der Waals surface area (Å²) in [5, 5.41) is 0.905. The number of fused-ring (bicyclic) bond motifs is 1. The van der Waals surface area contributed by atoms with Gasteiger partial charge in [-0.2, -0.15) is 0 Å². The Morgan fingerprint density at radius 2 is 1.59 bits per heavy atom. The summed E-state index contributed by atoms with van der Waals surface area (Å²) < 4.78 is 0. The van der Waals surface area contributed by atoms with E-state index in [2.05, 4.69) is 70.5 Å². The summed E-state index contributed by atoms with van der Waals surface area (Å²) in [4.78, 5) is 0. The van der Waals surface area contributed by atoms with Gasteiger partial charge in [-0.1, -0.05) is 70.5 Å². The maximum absolute atomic E-state index is 3.57. The topological polar surface area (TPSA) is 0 Å². The van der Waals surface area contributed by atoms with Crippen molar-refractivity contribution in [1.82, 2.24) is 0 Å². The van der Waals surface area contributed by atoms with Crippen LogP contribution in [0.2, 0.25) is 0 Å². The maximum atomic E-state index is 3.57. The highest BCUT2D eigenvalue weighted by Crippen LogP contribution is 2.34. The molecule has 0 fully saturated rings. The quantitative estimate of drug-likeness (QED) is 0.709. The zero-order chi connectivity index (χ0) is 11.7. The van der Waals surface area contributed by atoms with Crippen LogP contribution in [-0.4, -0.2) is 0 Å². The highest BCUT2D eigenvalue weighted by atomic mass is 79.9. The molecule has 0 nitrogen and oxygen atoms in total. The van der Waals surface area contributed by atoms with E-state index in [9.17, 15) is 0 Å². The molecule has 0 N–H and O–H groups in total. The molecule has 0 amide bonds. The molecule has 2 aromatic rings. The summed E-state index contributed by atoms with van der Waals surface area (Å²) in [6.07, 6.45) is 3.40. The second-order valence-corrected chi connectivity index (χ2v) is 4.83. The van der Waals surface area contributed by atoms with Crippen LogP contribution in [-0.2, 0) is 11.8 Å². The van der Waals surface area contributed by atoms with Gasteiger partial charge in [0.2, 0.25) is 0 Å². The molecule has 2 aromatic carbocycles. The van der Waals surface area contributed by atoms with Crippen molar-refractivity contribution < 1.29 is 0 Å². The fourth-order valence-electron chi connectivity index (χ4n) is 2.44. The number of benzene rings is 2. The van der Waals surface area contributed by atoms with Crippen LogP contribution in [0.15, 0.2) is 54.6 Å². The van der Waals surface area contributed by atoms with Crippen molar-refractivity contribution in [3.05, 3.63) is 76.9 Å². The first-order valence-corrected chi connectivity index (χ1v) is 6.95. The number of hydrogen-bond donors (Lipinski definition) is 0. The van der Waals surface area contributed by atoms with E-state index in [0.717, 1.165) is 11.8 Å². The number of allylic oxidation sites excluding steroid dienone is 1. The van der Waals surface area contributed by atoms with Gasteiger partial charge in [-0.3, -0.25) is 0 Å². The molecular weight excluding hydrogens is 272 g/mol. The lowest BCUT2D eigenvalue weighted by atomic mass is 9.96. The lowest BCUT2D eigenvalue weighted by Gasteiger charge is -2.10. The number of hydrogen-bond acceptors (Lipinski definition) is 0. The van der Waals surface area contributed by atoms with Gasteiger partial charge in [-0.05, 0) is 34.2 Å². The molecular formula is C16H13Br. The van der Waals surface area contributed by atoms with Crippen LogP contribution in [0.5, 0.6) is 0 Å². The highest BCUT2D eigenvalue weighted by Gasteiger charge is 2.16. The molecule has 0 bridgehead atoms. The summed E-state index contributed by atoms with van der Waals surface area (Å²) in [5.41, 5.74) is 6.92. The minimum Gasteiger partial charge on any atom is -0.0876 e. The van der Waals surface area contributed by atoms with E-state index >= 15 is 0 Å². The third kappa shape index (κ3) is 1.85. The van der Waals surface area contributed by atoms with Gasteiger partial charge in [0.25, 0.3) is 0 Å². The molecule has 0 heterocycles. The van der Waals surface area contributed by atoms with Crippen molar-refractivity contribution in [2.75, 3.05) is 0 Å². The summed E-state index contributed by atoms with van der Waals surface area (Å²) in [6, 6.07) is 17.3. The second kappa shape index (κ2) is 4.50. The first-order valence-electron chi connectivity index (χ1n) is 5.83. The lowest BCUT2D eigenvalue weighted by molar-refractivity contribution is 1.31. The highest BCUT2D eigenvalue weighted by molar-refractivity contribution is 9.08. The summed E-state index contributed by atoms with van der Waals surface area (Å²) in [6.45, 7) is 0. The maximum Gasteiger partial charge on any atom is 0.0289 e. The van der Waals surface area contributed by atoms with Crippen LogP contribution >= 0.6 is 15.9 Å². The molecule has 1 aliphatic rings. The average molecular weight is 285 g/mol. The van der Waals surface area contributed by atoms with E-state index < -0.39 is 0 Å². The Balaban J connectivity index is 2.13. The summed E-state index contributed by atoms with van der Waals surface area (Å²) in [7, 11) is 0. The smallest absolute Gasteiger partial charge is 0.0289 e. The lowest BCUT2D eigenvalue weighted by Crippen LogP contribution is -1.91. The minimum absolute atomic E-state index is 0.905. The van der Waals surface area contributed by atoms with Crippen LogP contribution in [0.1, 0.15) is 22.3 Å². The van der Waals surface area contributed by atoms with E-state index in [0.29, 0.717) is 0 Å². The van der Waals surface area contributed by atoms with Crippen molar-refractivity contribution in [2.45, 2.75) is 11.8 Å². The number of rotatable bonds is 2. The molecule has 0 spiro atoms. The van der Waals surface area contributed by atoms with Crippen molar-refractivity contribution in [1.29, 1.82) is 0 Å². The van der Waals surface area contributed by atoms with Gasteiger partial charge >= 0.3 is 0 Å². The Hall–Kier alpha value is -1.34. The van der Waals surface area contributed by atoms with E-state index in [1.54, 1.807) is 0 Å². The van der Waals surface area contributed by atoms with E-state index in [1.165, 1.54) is 27.8 Å². The SMILES string of the molecule is BrCc1ccccc1C1=CCc2ccccc21. The van der Waals surface area contributed by atoms with Crippen LogP contribution in [0.4, 0.5) is 0 Å². The van der Waals surface area contributed by atoms with Crippen LogP contribution in [0.25, 0.3) is 5.57 Å². The standard InChI is InChI=1S/C16H13Br/c17-11-13-6-2-4-8-15(13)16-10-9-12-5-1-3-7-14(12)16/h1-8,10H,9,11H2. The molecule has 0 unspecified atom stereocenters. The van der Waals surface area contributed by atoms with Crippen molar-refractivity contribution in [3.63, 3.8) is 0 Å². The Morgan fingerprint density at radius 1 is 0.882 bits per heavy atom. The Bertz CT molecular complexity index is 582. The average Bonchev–Trinajstić information content (AvgIpc) is 2.82. The Morgan fingerprint density at radius 3 is 2.41 bits per heavy atom. The molecule has 1 aliphatic carbocycles. The van der Waals surface area contributed by atoms with E-state index in [4.69, 9.17) is 0 Å². The molecule has 0 saturated carbocycles. The van der Waals surface area contributed by atoms with Crippen molar-refractivity contribution in [2.24, 2.45) is 0 Å². The third-order valence-electron chi connectivity index (χ3n) is 3.29. The van der Waals surface area contributed by atoms with Gasteiger partial charge in [0.15, 0.2) is 0 Å². The van der Waals surface area contributed by atoms with Crippen LogP contribution < -0.4 is 0 Å². The van der Waals surface area contributed by atoms with Gasteiger partial charge in [-0.15, -0.1) is 0 Å². The van der Waals surface area contributed by atoms with Gasteiger partial charge in [-0.25, -0.2) is 0 Å². The van der Waals surface area contributed by atoms with Gasteiger partial charge in [0.05, 0.1) is 0 Å². The van der Waals surface area contributed by atoms with Gasteiger partial charge < -0.3 is 0 Å². The second-order valence-electron chi connectivity index (χ2n) is 4.27. The monoisotopic (exact) mass is 284 g/mol. The number of halogens is 1. The molecule has 0 radical (unpaired) electrons. The minimum atomic E-state index is 0.905. The molecule has 0 atom stereocenters. The van der Waals surface area contributed by atoms with Crippen LogP contribution in [0, 0.1) is 0 Å². The zero-order valence-corrected chi connectivity index (χ0v) is 11.1. The summed E-state index contributed by atoms with van der Waals surface area (Å²) >= 11 is 3.57. The van der Waals surface area contributed by atoms with Crippen LogP contribution in [0.3, 0.4) is 0 Å². The fourth-order valence-corrected chi connectivity index (χ4v) is 2.93. The molecule has 84 valence electrons. The molecule has 0 aliphatic heterocycles. The normalized spacial score (nSPS) is 13.4. The molecule has 0 aromatic heterocycles. The predicted octanol–water partition coefficient (Wildman–Crippen LogP) is 4.57. The van der Waals surface area contributed by atoms with Crippen molar-refractivity contribution >= 4 is 21.5 Å². The Labute approximate surface area is 110 Å². The van der Waals surface area contributed by atoms with E-state index in [-0.39, 0.29) is 0 Å². The molecule has 1 heteroatoms. The first-order chi connectivity index (χ1) is 8.40. The first kappa shape index (κ1) is 10.8. The largest absolute Gasteiger partial charge is 0.0876 e. The number of alkyl halides is 1. The summed E-state index contributed by atoms with van der Waals surface area (Å²) in [5.74, 6) is 0. The fraction of sp³-hybridized carbons (Fsp3) is 0.125. The van der Waals surface area contributed by atoms with E-state index in [1.807, 2.05) is 0 Å². The Kier molecular flexibility index (Phi) is 2.86. The molecule has 17 heavy (non-hydrogen) atoms. The molecule has 3 rings (SSSR count). The molecule has 0 saturated heterocycles. The third-order valence-corrected chi connectivity index (χ3v) is 3.89. The van der Waals surface area contributed by atoms with Gasteiger partial charge in [0, 0.05) is 5.33 Å². The zero-order valence-electron chi connectivity index (χ0n) is 9.49. The van der Waals surface area contributed by atoms with Crippen molar-refractivity contribution in [3.8, 4) is 0 Å². The van der Waals surface area contributed by atoms with Gasteiger partial charge in [0.1, 0.15) is 0 Å².